The molecule has 194 valence electrons. The highest BCUT2D eigenvalue weighted by Crippen LogP contribution is 2.58. The van der Waals surface area contributed by atoms with Gasteiger partial charge in [0.05, 0.1) is 17.4 Å². The lowest BCUT2D eigenvalue weighted by Gasteiger charge is -2.38. The molecule has 3 nitrogen and oxygen atoms in total. The van der Waals surface area contributed by atoms with Gasteiger partial charge in [-0.25, -0.2) is 0 Å². The first-order valence-electron chi connectivity index (χ1n) is 13.7. The number of aliphatic hydroxyl groups is 1. The molecule has 2 heterocycles. The van der Waals surface area contributed by atoms with Crippen LogP contribution in [0.2, 0.25) is 0 Å². The Balaban J connectivity index is 1.57. The number of fused-ring (bicyclic) bond motifs is 3. The Kier molecular flexibility index (Phi) is 5.80. The molecule has 0 radical (unpaired) electrons. The summed E-state index contributed by atoms with van der Waals surface area (Å²) in [6.45, 7) is 4.39. The van der Waals surface area contributed by atoms with Crippen LogP contribution in [0.1, 0.15) is 135 Å². The van der Waals surface area contributed by atoms with Gasteiger partial charge in [-0.2, -0.15) is 13.2 Å². The van der Waals surface area contributed by atoms with Gasteiger partial charge >= 0.3 is 6.18 Å². The van der Waals surface area contributed by atoms with E-state index >= 15 is 0 Å². The molecule has 1 N–H and O–H groups in total. The highest BCUT2D eigenvalue weighted by atomic mass is 19.4. The molecule has 6 rings (SSSR count). The average Bonchev–Trinajstić information content (AvgIpc) is 3.45. The molecule has 1 spiro atoms. The number of ether oxygens (including phenoxy) is 1. The normalized spacial score (nSPS) is 27.3. The summed E-state index contributed by atoms with van der Waals surface area (Å²) in [6, 6.07) is 5.50. The summed E-state index contributed by atoms with van der Waals surface area (Å²) >= 11 is 0. The van der Waals surface area contributed by atoms with Crippen LogP contribution in [0.4, 0.5) is 13.2 Å². The molecule has 4 aliphatic rings. The maximum absolute atomic E-state index is 13.3. The van der Waals surface area contributed by atoms with Crippen LogP contribution in [0, 0.1) is 5.41 Å². The second-order valence-electron chi connectivity index (χ2n) is 12.4. The number of halogens is 3. The zero-order valence-corrected chi connectivity index (χ0v) is 21.3. The number of alkyl halides is 3. The minimum Gasteiger partial charge on any atom is -0.388 e. The van der Waals surface area contributed by atoms with E-state index < -0.39 is 29.5 Å². The molecule has 36 heavy (non-hydrogen) atoms. The van der Waals surface area contributed by atoms with E-state index in [-0.39, 0.29) is 5.41 Å². The Bertz CT molecular complexity index is 1140. The predicted molar refractivity (Wildman–Crippen MR) is 132 cm³/mol. The maximum atomic E-state index is 13.3. The fraction of sp³-hybridized carbons (Fsp3) is 0.633. The molecule has 6 heteroatoms. The predicted octanol–water partition coefficient (Wildman–Crippen LogP) is 8.04. The summed E-state index contributed by atoms with van der Waals surface area (Å²) in [7, 11) is 0. The number of pyridine rings is 1. The number of rotatable bonds is 2. The number of aromatic nitrogens is 1. The van der Waals surface area contributed by atoms with Crippen LogP contribution in [0.15, 0.2) is 24.3 Å². The molecule has 1 unspecified atom stereocenters. The Morgan fingerprint density at radius 1 is 0.917 bits per heavy atom. The highest BCUT2D eigenvalue weighted by molar-refractivity contribution is 5.53. The summed E-state index contributed by atoms with van der Waals surface area (Å²) in [5, 5.41) is 11.4. The molecular formula is C30H36F3NO2. The standard InChI is InChI=1S/C30H36F3NO2/c1-28(2)16-21-24(22(35)17-28)23(18-8-4-5-9-18)25-26(19-10-12-20(13-11-19)30(31,32)33)36-29(27(25)34-21)14-6-3-7-15-29/h10-13,18,22,26,35H,3-9,14-17H2,1-2H3/t22?,26-/m0/s1. The Morgan fingerprint density at radius 2 is 1.58 bits per heavy atom. The van der Waals surface area contributed by atoms with Gasteiger partial charge in [0, 0.05) is 16.8 Å². The number of hydrogen-bond donors (Lipinski definition) is 1. The molecule has 0 amide bonds. The third-order valence-corrected chi connectivity index (χ3v) is 9.12. The Hall–Kier alpha value is -1.92. The second-order valence-corrected chi connectivity index (χ2v) is 12.4. The molecule has 0 bridgehead atoms. The lowest BCUT2D eigenvalue weighted by atomic mass is 9.70. The number of hydrogen-bond acceptors (Lipinski definition) is 3. The van der Waals surface area contributed by atoms with Crippen LogP contribution in [-0.2, 0) is 22.9 Å². The van der Waals surface area contributed by atoms with E-state index in [4.69, 9.17) is 9.72 Å². The quantitative estimate of drug-likeness (QED) is 0.455. The van der Waals surface area contributed by atoms with Crippen molar-refractivity contribution in [2.24, 2.45) is 5.41 Å². The van der Waals surface area contributed by atoms with E-state index in [1.54, 1.807) is 12.1 Å². The summed E-state index contributed by atoms with van der Waals surface area (Å²) in [6.07, 6.45) is 5.66. The van der Waals surface area contributed by atoms with Crippen LogP contribution in [0.25, 0.3) is 0 Å². The van der Waals surface area contributed by atoms with Crippen molar-refractivity contribution < 1.29 is 23.0 Å². The van der Waals surface area contributed by atoms with Crippen molar-refractivity contribution in [3.8, 4) is 0 Å². The van der Waals surface area contributed by atoms with Gasteiger partial charge in [-0.1, -0.05) is 58.1 Å². The Labute approximate surface area is 211 Å². The van der Waals surface area contributed by atoms with E-state index in [1.807, 2.05) is 0 Å². The number of benzene rings is 1. The van der Waals surface area contributed by atoms with Crippen LogP contribution < -0.4 is 0 Å². The van der Waals surface area contributed by atoms with Crippen molar-refractivity contribution >= 4 is 0 Å². The topological polar surface area (TPSA) is 42.4 Å². The largest absolute Gasteiger partial charge is 0.416 e. The summed E-state index contributed by atoms with van der Waals surface area (Å²) in [4.78, 5) is 5.32. The molecular weight excluding hydrogens is 463 g/mol. The summed E-state index contributed by atoms with van der Waals surface area (Å²) in [5.41, 5.74) is 4.87. The average molecular weight is 500 g/mol. The first-order chi connectivity index (χ1) is 17.1. The van der Waals surface area contributed by atoms with Gasteiger partial charge in [-0.15, -0.1) is 0 Å². The fourth-order valence-electron chi connectivity index (χ4n) is 7.51. The van der Waals surface area contributed by atoms with Crippen LogP contribution in [0.5, 0.6) is 0 Å². The smallest absolute Gasteiger partial charge is 0.388 e. The summed E-state index contributed by atoms with van der Waals surface area (Å²) in [5.74, 6) is 0.339. The fourth-order valence-corrected chi connectivity index (χ4v) is 7.51. The van der Waals surface area contributed by atoms with Gasteiger partial charge in [-0.3, -0.25) is 4.98 Å². The van der Waals surface area contributed by atoms with Gasteiger partial charge < -0.3 is 9.84 Å². The van der Waals surface area contributed by atoms with Crippen molar-refractivity contribution in [3.05, 3.63) is 63.5 Å². The lowest BCUT2D eigenvalue weighted by Crippen LogP contribution is -2.32. The van der Waals surface area contributed by atoms with E-state index in [0.29, 0.717) is 12.3 Å². The van der Waals surface area contributed by atoms with E-state index in [0.717, 1.165) is 92.3 Å². The van der Waals surface area contributed by atoms with Crippen molar-refractivity contribution in [3.63, 3.8) is 0 Å². The monoisotopic (exact) mass is 499 g/mol. The van der Waals surface area contributed by atoms with Crippen molar-refractivity contribution in [1.29, 1.82) is 0 Å². The Morgan fingerprint density at radius 3 is 2.22 bits per heavy atom. The van der Waals surface area contributed by atoms with Crippen LogP contribution in [0.3, 0.4) is 0 Å². The molecule has 2 fully saturated rings. The molecule has 2 saturated carbocycles. The van der Waals surface area contributed by atoms with E-state index in [9.17, 15) is 18.3 Å². The first kappa shape index (κ1) is 24.4. The lowest BCUT2D eigenvalue weighted by molar-refractivity contribution is -0.137. The number of nitrogens with zero attached hydrogens (tertiary/aromatic N) is 1. The first-order valence-corrected chi connectivity index (χ1v) is 13.7. The molecule has 2 aromatic rings. The molecule has 1 aromatic heterocycles. The molecule has 1 aliphatic heterocycles. The molecule has 1 aromatic carbocycles. The van der Waals surface area contributed by atoms with Crippen LogP contribution >= 0.6 is 0 Å². The number of aliphatic hydroxyl groups excluding tert-OH is 1. The zero-order valence-electron chi connectivity index (χ0n) is 21.3. The minimum atomic E-state index is -4.37. The molecule has 3 aliphatic carbocycles. The van der Waals surface area contributed by atoms with Crippen LogP contribution in [-0.4, -0.2) is 10.1 Å². The zero-order chi connectivity index (χ0) is 25.3. The highest BCUT2D eigenvalue weighted by Gasteiger charge is 2.51. The van der Waals surface area contributed by atoms with Gasteiger partial charge in [0.1, 0.15) is 11.7 Å². The maximum Gasteiger partial charge on any atom is 0.416 e. The third kappa shape index (κ3) is 3.99. The van der Waals surface area contributed by atoms with Gasteiger partial charge in [-0.05, 0) is 73.1 Å². The van der Waals surface area contributed by atoms with Crippen molar-refractivity contribution in [2.45, 2.75) is 114 Å². The van der Waals surface area contributed by atoms with Gasteiger partial charge in [0.2, 0.25) is 0 Å². The second kappa shape index (κ2) is 8.56. The van der Waals surface area contributed by atoms with E-state index in [1.165, 1.54) is 17.7 Å². The summed E-state index contributed by atoms with van der Waals surface area (Å²) < 4.78 is 46.9. The molecule has 0 saturated heterocycles. The van der Waals surface area contributed by atoms with Gasteiger partial charge in [0.15, 0.2) is 0 Å². The molecule has 2 atom stereocenters. The third-order valence-electron chi connectivity index (χ3n) is 9.12. The minimum absolute atomic E-state index is 0.0351. The van der Waals surface area contributed by atoms with Crippen molar-refractivity contribution in [2.75, 3.05) is 0 Å². The van der Waals surface area contributed by atoms with Crippen molar-refractivity contribution in [1.82, 2.24) is 4.98 Å². The van der Waals surface area contributed by atoms with Gasteiger partial charge in [0.25, 0.3) is 0 Å². The SMILES string of the molecule is CC1(C)Cc2nc3c(c(C4CCCC4)c2C(O)C1)[C@H](c1ccc(C(F)(F)F)cc1)OC31CCCCC1. The van der Waals surface area contributed by atoms with E-state index in [2.05, 4.69) is 13.8 Å².